The summed E-state index contributed by atoms with van der Waals surface area (Å²) in [6.45, 7) is 6.89. The minimum atomic E-state index is -0.328. The van der Waals surface area contributed by atoms with Gasteiger partial charge in [-0.2, -0.15) is 0 Å². The van der Waals surface area contributed by atoms with Gasteiger partial charge in [-0.25, -0.2) is 4.79 Å². The van der Waals surface area contributed by atoms with Gasteiger partial charge in [0, 0.05) is 25.6 Å². The van der Waals surface area contributed by atoms with Crippen LogP contribution < -0.4 is 0 Å². The number of hydrogen-bond acceptors (Lipinski definition) is 5. The fourth-order valence-corrected chi connectivity index (χ4v) is 4.47. The van der Waals surface area contributed by atoms with Crippen molar-refractivity contribution in [2.24, 2.45) is 5.92 Å². The van der Waals surface area contributed by atoms with Crippen LogP contribution in [0, 0.1) is 5.92 Å². The molecule has 1 aromatic heterocycles. The number of cyclic esters (lactones) is 1. The molecule has 7 heteroatoms. The summed E-state index contributed by atoms with van der Waals surface area (Å²) in [4.78, 5) is 31.1. The summed E-state index contributed by atoms with van der Waals surface area (Å²) in [7, 11) is 0. The highest BCUT2D eigenvalue weighted by Gasteiger charge is 2.50. The van der Waals surface area contributed by atoms with E-state index in [1.165, 1.54) is 0 Å². The second kappa shape index (κ2) is 6.95. The molecule has 0 aliphatic carbocycles. The maximum Gasteiger partial charge on any atom is 0.410 e. The van der Waals surface area contributed by atoms with Crippen LogP contribution in [0.1, 0.15) is 31.9 Å². The summed E-state index contributed by atoms with van der Waals surface area (Å²) in [6, 6.07) is 3.90. The van der Waals surface area contributed by atoms with Crippen LogP contribution in [0.15, 0.2) is 22.8 Å². The van der Waals surface area contributed by atoms with Gasteiger partial charge in [-0.1, -0.05) is 6.92 Å². The van der Waals surface area contributed by atoms with Crippen molar-refractivity contribution >= 4 is 12.0 Å². The molecule has 7 nitrogen and oxygen atoms in total. The number of ether oxygens (including phenoxy) is 1. The number of rotatable bonds is 4. The Morgan fingerprint density at radius 3 is 2.77 bits per heavy atom. The molecular formula is C19H27N3O4. The molecule has 1 aromatic rings. The van der Waals surface area contributed by atoms with Gasteiger partial charge in [0.05, 0.1) is 18.3 Å². The highest BCUT2D eigenvalue weighted by molar-refractivity contribution is 5.80. The van der Waals surface area contributed by atoms with Crippen LogP contribution >= 0.6 is 0 Å². The Kier molecular flexibility index (Phi) is 4.65. The third-order valence-corrected chi connectivity index (χ3v) is 6.20. The summed E-state index contributed by atoms with van der Waals surface area (Å²) in [5.74, 6) is 1.30. The molecule has 0 spiro atoms. The second-order valence-electron chi connectivity index (χ2n) is 7.67. The molecule has 3 aliphatic rings. The third-order valence-electron chi connectivity index (χ3n) is 6.20. The zero-order valence-electron chi connectivity index (χ0n) is 15.4. The molecular weight excluding hydrogens is 334 g/mol. The number of fused-ring (bicyclic) bond motifs is 1. The fourth-order valence-electron chi connectivity index (χ4n) is 4.47. The lowest BCUT2D eigenvalue weighted by Crippen LogP contribution is -2.63. The summed E-state index contributed by atoms with van der Waals surface area (Å²) < 4.78 is 10.7. The van der Waals surface area contributed by atoms with Crippen molar-refractivity contribution in [2.75, 3.05) is 39.3 Å². The van der Waals surface area contributed by atoms with Crippen molar-refractivity contribution in [1.82, 2.24) is 14.7 Å². The van der Waals surface area contributed by atoms with Gasteiger partial charge in [-0.15, -0.1) is 0 Å². The van der Waals surface area contributed by atoms with E-state index in [2.05, 4.69) is 11.8 Å². The van der Waals surface area contributed by atoms with E-state index in [0.29, 0.717) is 26.2 Å². The van der Waals surface area contributed by atoms with E-state index in [1.54, 1.807) is 6.26 Å². The van der Waals surface area contributed by atoms with E-state index in [4.69, 9.17) is 9.15 Å². The van der Waals surface area contributed by atoms with E-state index >= 15 is 0 Å². The number of carbonyl (C=O) groups is 2. The molecule has 3 saturated heterocycles. The number of hydrogen-bond donors (Lipinski definition) is 0. The molecule has 3 aliphatic heterocycles. The van der Waals surface area contributed by atoms with Crippen LogP contribution in [-0.4, -0.2) is 71.6 Å². The highest BCUT2D eigenvalue weighted by Crippen LogP contribution is 2.33. The zero-order valence-corrected chi connectivity index (χ0v) is 15.4. The first kappa shape index (κ1) is 17.4. The minimum absolute atomic E-state index is 0.0846. The van der Waals surface area contributed by atoms with Gasteiger partial charge in [0.15, 0.2) is 0 Å². The molecule has 4 heterocycles. The molecule has 0 N–H and O–H groups in total. The molecule has 0 aromatic carbocycles. The van der Waals surface area contributed by atoms with Gasteiger partial charge < -0.3 is 14.1 Å². The van der Waals surface area contributed by atoms with E-state index < -0.39 is 0 Å². The van der Waals surface area contributed by atoms with Crippen molar-refractivity contribution in [3.05, 3.63) is 24.2 Å². The largest absolute Gasteiger partial charge is 0.468 e. The lowest BCUT2D eigenvalue weighted by molar-refractivity contribution is -0.141. The first-order chi connectivity index (χ1) is 12.6. The Balaban J connectivity index is 1.33. The first-order valence-corrected chi connectivity index (χ1v) is 9.59. The molecule has 0 saturated carbocycles. The minimum Gasteiger partial charge on any atom is -0.468 e. The van der Waals surface area contributed by atoms with E-state index in [0.717, 1.165) is 44.7 Å². The van der Waals surface area contributed by atoms with Crippen molar-refractivity contribution in [3.63, 3.8) is 0 Å². The number of nitrogens with zero attached hydrogens (tertiary/aromatic N) is 3. The van der Waals surface area contributed by atoms with E-state index in [-0.39, 0.29) is 23.5 Å². The van der Waals surface area contributed by atoms with E-state index in [1.807, 2.05) is 21.9 Å². The predicted molar refractivity (Wildman–Crippen MR) is 94.4 cm³/mol. The van der Waals surface area contributed by atoms with Gasteiger partial charge >= 0.3 is 6.09 Å². The average molecular weight is 361 g/mol. The molecule has 1 unspecified atom stereocenters. The summed E-state index contributed by atoms with van der Waals surface area (Å²) in [6.07, 6.45) is 4.05. The van der Waals surface area contributed by atoms with Crippen molar-refractivity contribution in [1.29, 1.82) is 0 Å². The normalized spacial score (nSPS) is 27.5. The van der Waals surface area contributed by atoms with Crippen LogP contribution in [-0.2, 0) is 16.1 Å². The van der Waals surface area contributed by atoms with Gasteiger partial charge in [0.1, 0.15) is 12.4 Å². The Morgan fingerprint density at radius 2 is 2.08 bits per heavy atom. The quantitative estimate of drug-likeness (QED) is 0.820. The molecule has 142 valence electrons. The Morgan fingerprint density at radius 1 is 1.27 bits per heavy atom. The average Bonchev–Trinajstić information content (AvgIpc) is 3.30. The third kappa shape index (κ3) is 3.09. The van der Waals surface area contributed by atoms with E-state index in [9.17, 15) is 9.59 Å². The van der Waals surface area contributed by atoms with Crippen LogP contribution in [0.2, 0.25) is 0 Å². The van der Waals surface area contributed by atoms with Crippen LogP contribution in [0.25, 0.3) is 0 Å². The maximum atomic E-state index is 13.0. The molecule has 1 atom stereocenters. The topological polar surface area (TPSA) is 66.2 Å². The number of amides is 2. The molecule has 0 radical (unpaired) electrons. The van der Waals surface area contributed by atoms with Crippen LogP contribution in [0.4, 0.5) is 4.79 Å². The number of carbonyl (C=O) groups excluding carboxylic acids is 2. The number of piperazine rings is 1. The van der Waals surface area contributed by atoms with Crippen LogP contribution in [0.3, 0.4) is 0 Å². The van der Waals surface area contributed by atoms with Crippen molar-refractivity contribution < 1.29 is 18.7 Å². The Hall–Kier alpha value is -2.02. The standard InChI is InChI=1S/C19H27N3O4/c1-2-19-13-21(9-10-22(19)18(24)26-14-19)17(23)15-5-7-20(8-6-15)12-16-4-3-11-25-16/h3-4,11,15H,2,5-10,12-14H2,1H3. The first-order valence-electron chi connectivity index (χ1n) is 9.59. The fraction of sp³-hybridized carbons (Fsp3) is 0.684. The zero-order chi connectivity index (χ0) is 18.1. The van der Waals surface area contributed by atoms with Gasteiger partial charge in [-0.3, -0.25) is 14.6 Å². The van der Waals surface area contributed by atoms with Crippen molar-refractivity contribution in [2.45, 2.75) is 38.3 Å². The monoisotopic (exact) mass is 361 g/mol. The molecule has 2 amide bonds. The molecule has 0 bridgehead atoms. The Bertz CT molecular complexity index is 654. The SMILES string of the molecule is CCC12COC(=O)N1CCN(C(=O)C1CCN(Cc3ccco3)CC1)C2. The summed E-state index contributed by atoms with van der Waals surface area (Å²) in [5.41, 5.74) is -0.328. The maximum absolute atomic E-state index is 13.0. The number of likely N-dealkylation sites (tertiary alicyclic amines) is 1. The number of piperidine rings is 1. The van der Waals surface area contributed by atoms with Crippen LogP contribution in [0.5, 0.6) is 0 Å². The highest BCUT2D eigenvalue weighted by atomic mass is 16.6. The smallest absolute Gasteiger partial charge is 0.410 e. The van der Waals surface area contributed by atoms with Gasteiger partial charge in [-0.05, 0) is 44.5 Å². The molecule has 3 fully saturated rings. The molecule has 4 rings (SSSR count). The number of furan rings is 1. The lowest BCUT2D eigenvalue weighted by Gasteiger charge is -2.45. The molecule has 26 heavy (non-hydrogen) atoms. The summed E-state index contributed by atoms with van der Waals surface area (Å²) in [5, 5.41) is 0. The van der Waals surface area contributed by atoms with Gasteiger partial charge in [0.2, 0.25) is 5.91 Å². The van der Waals surface area contributed by atoms with Crippen molar-refractivity contribution in [3.8, 4) is 0 Å². The lowest BCUT2D eigenvalue weighted by atomic mass is 9.90. The second-order valence-corrected chi connectivity index (χ2v) is 7.67. The Labute approximate surface area is 153 Å². The predicted octanol–water partition coefficient (Wildman–Crippen LogP) is 1.93. The summed E-state index contributed by atoms with van der Waals surface area (Å²) >= 11 is 0. The van der Waals surface area contributed by atoms with Gasteiger partial charge in [0.25, 0.3) is 0 Å².